The molecule has 0 fully saturated rings. The summed E-state index contributed by atoms with van der Waals surface area (Å²) in [7, 11) is 0. The zero-order valence-corrected chi connectivity index (χ0v) is 11.1. The Morgan fingerprint density at radius 1 is 1.42 bits per heavy atom. The summed E-state index contributed by atoms with van der Waals surface area (Å²) in [5.41, 5.74) is 0. The fraction of sp³-hybridized carbons (Fsp3) is 0.364. The van der Waals surface area contributed by atoms with Gasteiger partial charge in [0.2, 0.25) is 11.2 Å². The van der Waals surface area contributed by atoms with Crippen molar-refractivity contribution in [3.05, 3.63) is 23.7 Å². The number of nitrogens with zero attached hydrogens (tertiary/aromatic N) is 7. The summed E-state index contributed by atoms with van der Waals surface area (Å²) < 4.78 is 1.51. The van der Waals surface area contributed by atoms with Crippen molar-refractivity contribution >= 4 is 17.5 Å². The summed E-state index contributed by atoms with van der Waals surface area (Å²) in [6, 6.07) is 3.86. The third kappa shape index (κ3) is 3.17. The number of halogens is 1. The van der Waals surface area contributed by atoms with Crippen molar-refractivity contribution < 1.29 is 0 Å². The highest BCUT2D eigenvalue weighted by Gasteiger charge is 2.12. The summed E-state index contributed by atoms with van der Waals surface area (Å²) in [5.74, 6) is 0.804. The standard InChI is InChI=1S/C11H12ClN7/c1-2-18(7-3-5-13)10-15-9(12)16-11(17-10)19-8-4-6-14-19/h4,6,8H,2-3,7H2,1H3. The van der Waals surface area contributed by atoms with Gasteiger partial charge in [0.25, 0.3) is 5.95 Å². The molecular weight excluding hydrogens is 266 g/mol. The Hall–Kier alpha value is -2.20. The maximum atomic E-state index is 8.65. The van der Waals surface area contributed by atoms with Gasteiger partial charge in [-0.25, -0.2) is 4.68 Å². The SMILES string of the molecule is CCN(CCC#N)c1nc(Cl)nc(-n2cccn2)n1. The minimum atomic E-state index is 0.103. The Bertz CT molecular complexity index is 575. The third-order valence-corrected chi connectivity index (χ3v) is 2.62. The van der Waals surface area contributed by atoms with Gasteiger partial charge >= 0.3 is 0 Å². The van der Waals surface area contributed by atoms with Gasteiger partial charge in [-0.1, -0.05) is 0 Å². The molecule has 0 radical (unpaired) electrons. The molecule has 0 aromatic carbocycles. The molecule has 0 saturated carbocycles. The molecule has 0 unspecified atom stereocenters. The van der Waals surface area contributed by atoms with Crippen molar-refractivity contribution in [2.75, 3.05) is 18.0 Å². The van der Waals surface area contributed by atoms with Crippen molar-refractivity contribution in [2.24, 2.45) is 0 Å². The number of anilines is 1. The van der Waals surface area contributed by atoms with Crippen LogP contribution in [0.15, 0.2) is 18.5 Å². The van der Waals surface area contributed by atoms with Crippen LogP contribution in [0.4, 0.5) is 5.95 Å². The molecule has 19 heavy (non-hydrogen) atoms. The number of rotatable bonds is 5. The number of hydrogen-bond acceptors (Lipinski definition) is 6. The van der Waals surface area contributed by atoms with E-state index in [1.54, 1.807) is 18.5 Å². The lowest BCUT2D eigenvalue weighted by atomic mass is 10.4. The Labute approximate surface area is 115 Å². The van der Waals surface area contributed by atoms with Crippen LogP contribution in [0, 0.1) is 11.3 Å². The molecule has 8 heteroatoms. The van der Waals surface area contributed by atoms with Crippen LogP contribution in [0.25, 0.3) is 5.95 Å². The second-order valence-corrected chi connectivity index (χ2v) is 3.98. The third-order valence-electron chi connectivity index (χ3n) is 2.45. The molecule has 7 nitrogen and oxygen atoms in total. The molecule has 0 bridgehead atoms. The highest BCUT2D eigenvalue weighted by atomic mass is 35.5. The first-order chi connectivity index (χ1) is 9.24. The Kier molecular flexibility index (Phi) is 4.26. The molecule has 0 atom stereocenters. The molecule has 0 amide bonds. The molecule has 2 aromatic heterocycles. The average molecular weight is 278 g/mol. The van der Waals surface area contributed by atoms with E-state index < -0.39 is 0 Å². The van der Waals surface area contributed by atoms with Crippen LogP contribution < -0.4 is 4.90 Å². The fourth-order valence-electron chi connectivity index (χ4n) is 1.54. The number of hydrogen-bond donors (Lipinski definition) is 0. The first-order valence-electron chi connectivity index (χ1n) is 5.78. The van der Waals surface area contributed by atoms with Crippen molar-refractivity contribution in [1.29, 1.82) is 5.26 Å². The van der Waals surface area contributed by atoms with Gasteiger partial charge in [0.05, 0.1) is 12.5 Å². The molecule has 0 N–H and O–H groups in total. The quantitative estimate of drug-likeness (QED) is 0.822. The van der Waals surface area contributed by atoms with Gasteiger partial charge in [-0.05, 0) is 24.6 Å². The van der Waals surface area contributed by atoms with Crippen LogP contribution in [-0.4, -0.2) is 37.8 Å². The highest BCUT2D eigenvalue weighted by Crippen LogP contribution is 2.13. The predicted molar refractivity (Wildman–Crippen MR) is 70.1 cm³/mol. The van der Waals surface area contributed by atoms with Gasteiger partial charge < -0.3 is 4.90 Å². The minimum Gasteiger partial charge on any atom is -0.340 e. The van der Waals surface area contributed by atoms with Gasteiger partial charge in [0.15, 0.2) is 0 Å². The van der Waals surface area contributed by atoms with Crippen LogP contribution in [0.1, 0.15) is 13.3 Å². The largest absolute Gasteiger partial charge is 0.340 e. The lowest BCUT2D eigenvalue weighted by molar-refractivity contribution is 0.749. The molecule has 0 spiro atoms. The van der Waals surface area contributed by atoms with E-state index in [-0.39, 0.29) is 5.28 Å². The first-order valence-corrected chi connectivity index (χ1v) is 6.16. The Morgan fingerprint density at radius 3 is 2.89 bits per heavy atom. The maximum Gasteiger partial charge on any atom is 0.256 e. The van der Waals surface area contributed by atoms with Gasteiger partial charge in [0, 0.05) is 25.5 Å². The highest BCUT2D eigenvalue weighted by molar-refractivity contribution is 6.28. The van der Waals surface area contributed by atoms with E-state index in [1.165, 1.54) is 4.68 Å². The van der Waals surface area contributed by atoms with Crippen molar-refractivity contribution in [3.63, 3.8) is 0 Å². The van der Waals surface area contributed by atoms with Gasteiger partial charge in [0.1, 0.15) is 0 Å². The van der Waals surface area contributed by atoms with Crippen LogP contribution in [0.5, 0.6) is 0 Å². The Morgan fingerprint density at radius 2 is 2.26 bits per heavy atom. The first kappa shape index (κ1) is 13.2. The maximum absolute atomic E-state index is 8.65. The monoisotopic (exact) mass is 277 g/mol. The second kappa shape index (κ2) is 6.11. The summed E-state index contributed by atoms with van der Waals surface area (Å²) >= 11 is 5.91. The van der Waals surface area contributed by atoms with Crippen molar-refractivity contribution in [1.82, 2.24) is 24.7 Å². The number of aromatic nitrogens is 5. The van der Waals surface area contributed by atoms with Gasteiger partial charge in [-0.3, -0.25) is 0 Å². The molecule has 2 rings (SSSR count). The van der Waals surface area contributed by atoms with Crippen molar-refractivity contribution in [3.8, 4) is 12.0 Å². The molecular formula is C11H12ClN7. The van der Waals surface area contributed by atoms with E-state index in [0.717, 1.165) is 0 Å². The molecule has 0 saturated heterocycles. The van der Waals surface area contributed by atoms with E-state index in [0.29, 0.717) is 31.4 Å². The summed E-state index contributed by atoms with van der Waals surface area (Å²) in [4.78, 5) is 14.3. The molecule has 0 aliphatic carbocycles. The summed E-state index contributed by atoms with van der Waals surface area (Å²) in [6.45, 7) is 3.19. The van der Waals surface area contributed by atoms with Crippen LogP contribution in [0.3, 0.4) is 0 Å². The molecule has 0 aliphatic rings. The average Bonchev–Trinajstić information content (AvgIpc) is 2.93. The van der Waals surface area contributed by atoms with E-state index in [9.17, 15) is 0 Å². The molecule has 2 heterocycles. The Balaban J connectivity index is 2.33. The summed E-state index contributed by atoms with van der Waals surface area (Å²) in [6.07, 6.45) is 3.75. The second-order valence-electron chi connectivity index (χ2n) is 3.64. The van der Waals surface area contributed by atoms with Crippen molar-refractivity contribution in [2.45, 2.75) is 13.3 Å². The normalized spacial score (nSPS) is 10.2. The fourth-order valence-corrected chi connectivity index (χ4v) is 1.70. The predicted octanol–water partition coefficient (Wildman–Crippen LogP) is 1.45. The lowest BCUT2D eigenvalue weighted by Gasteiger charge is -2.19. The molecule has 2 aromatic rings. The van der Waals surface area contributed by atoms with Crippen LogP contribution in [0.2, 0.25) is 5.28 Å². The van der Waals surface area contributed by atoms with Crippen LogP contribution >= 0.6 is 11.6 Å². The zero-order chi connectivity index (χ0) is 13.7. The van der Waals surface area contributed by atoms with E-state index in [4.69, 9.17) is 16.9 Å². The number of nitriles is 1. The van der Waals surface area contributed by atoms with E-state index >= 15 is 0 Å². The van der Waals surface area contributed by atoms with Gasteiger partial charge in [-0.2, -0.15) is 25.3 Å². The van der Waals surface area contributed by atoms with Gasteiger partial charge in [-0.15, -0.1) is 0 Å². The molecule has 98 valence electrons. The topological polar surface area (TPSA) is 83.5 Å². The van der Waals surface area contributed by atoms with Crippen LogP contribution in [-0.2, 0) is 0 Å². The lowest BCUT2D eigenvalue weighted by Crippen LogP contribution is -2.26. The molecule has 0 aliphatic heterocycles. The van der Waals surface area contributed by atoms with E-state index in [2.05, 4.69) is 26.1 Å². The van der Waals surface area contributed by atoms with E-state index in [1.807, 2.05) is 11.8 Å². The smallest absolute Gasteiger partial charge is 0.256 e. The zero-order valence-electron chi connectivity index (χ0n) is 10.4. The summed E-state index contributed by atoms with van der Waals surface area (Å²) in [5, 5.41) is 12.8. The minimum absolute atomic E-state index is 0.103.